The minimum atomic E-state index is -1.33. The van der Waals surface area contributed by atoms with Gasteiger partial charge in [-0.25, -0.2) is 4.79 Å². The molecule has 0 heterocycles. The second-order valence-corrected chi connectivity index (χ2v) is 6.19. The maximum Gasteiger partial charge on any atom is 0.355 e. The number of rotatable bonds is 6. The molecule has 0 saturated heterocycles. The van der Waals surface area contributed by atoms with Crippen LogP contribution in [0.4, 0.5) is 0 Å². The molecule has 0 unspecified atom stereocenters. The van der Waals surface area contributed by atoms with Crippen molar-refractivity contribution in [3.8, 4) is 0 Å². The zero-order valence-electron chi connectivity index (χ0n) is 14.2. The molecule has 5 heteroatoms. The van der Waals surface area contributed by atoms with Crippen LogP contribution in [-0.2, 0) is 23.9 Å². The summed E-state index contributed by atoms with van der Waals surface area (Å²) in [5.74, 6) is -0.929. The molecule has 1 aromatic carbocycles. The predicted octanol–water partition coefficient (Wildman–Crippen LogP) is 2.94. The highest BCUT2D eigenvalue weighted by atomic mass is 16.6. The fraction of sp³-hybridized carbons (Fsp3) is 0.421. The van der Waals surface area contributed by atoms with Crippen LogP contribution in [0.2, 0.25) is 0 Å². The van der Waals surface area contributed by atoms with Crippen molar-refractivity contribution in [2.24, 2.45) is 0 Å². The molecule has 0 bridgehead atoms. The summed E-state index contributed by atoms with van der Waals surface area (Å²) in [7, 11) is 0. The zero-order chi connectivity index (χ0) is 17.7. The molecule has 128 valence electrons. The van der Waals surface area contributed by atoms with Crippen molar-refractivity contribution >= 4 is 17.5 Å². The van der Waals surface area contributed by atoms with E-state index >= 15 is 0 Å². The summed E-state index contributed by atoms with van der Waals surface area (Å²) in [4.78, 5) is 35.8. The van der Waals surface area contributed by atoms with Gasteiger partial charge in [0.2, 0.25) is 0 Å². The van der Waals surface area contributed by atoms with Gasteiger partial charge in [-0.15, -0.1) is 0 Å². The summed E-state index contributed by atoms with van der Waals surface area (Å²) < 4.78 is 10.6. The Kier molecular flexibility index (Phi) is 5.90. The van der Waals surface area contributed by atoms with Crippen LogP contribution >= 0.6 is 0 Å². The Morgan fingerprint density at radius 1 is 1.12 bits per heavy atom. The highest BCUT2D eigenvalue weighted by Gasteiger charge is 2.31. The minimum absolute atomic E-state index is 0.0209. The standard InChI is InChI=1S/C19H22O5/c1-12(2)23-19(22)18(13(3)20)24-17-10-15(9-16(21)11-17)14-7-5-4-6-8-14/h4-8,11-12,15,18H,9-10H2,1-3H3/t15-,18-/m1/s1. The van der Waals surface area contributed by atoms with Crippen molar-refractivity contribution < 1.29 is 23.9 Å². The van der Waals surface area contributed by atoms with Crippen LogP contribution in [0.15, 0.2) is 42.2 Å². The third-order valence-electron chi connectivity index (χ3n) is 3.69. The van der Waals surface area contributed by atoms with Gasteiger partial charge in [0, 0.05) is 18.9 Å². The Morgan fingerprint density at radius 2 is 1.79 bits per heavy atom. The molecule has 1 aromatic rings. The molecular weight excluding hydrogens is 308 g/mol. The van der Waals surface area contributed by atoms with E-state index in [1.165, 1.54) is 13.0 Å². The van der Waals surface area contributed by atoms with Gasteiger partial charge in [-0.05, 0) is 32.3 Å². The summed E-state index contributed by atoms with van der Waals surface area (Å²) in [5.41, 5.74) is 1.03. The highest BCUT2D eigenvalue weighted by Crippen LogP contribution is 2.32. The van der Waals surface area contributed by atoms with Crippen LogP contribution in [0.5, 0.6) is 0 Å². The maximum atomic E-state index is 12.0. The number of esters is 1. The van der Waals surface area contributed by atoms with E-state index in [0.717, 1.165) is 5.56 Å². The Labute approximate surface area is 141 Å². The second-order valence-electron chi connectivity index (χ2n) is 6.19. The summed E-state index contributed by atoms with van der Waals surface area (Å²) in [5, 5.41) is 0. The summed E-state index contributed by atoms with van der Waals surface area (Å²) >= 11 is 0. The van der Waals surface area contributed by atoms with E-state index in [4.69, 9.17) is 9.47 Å². The molecule has 0 aromatic heterocycles. The van der Waals surface area contributed by atoms with Crippen LogP contribution in [0.1, 0.15) is 45.1 Å². The van der Waals surface area contributed by atoms with E-state index in [0.29, 0.717) is 18.6 Å². The predicted molar refractivity (Wildman–Crippen MR) is 88.3 cm³/mol. The first-order valence-corrected chi connectivity index (χ1v) is 8.02. The van der Waals surface area contributed by atoms with Gasteiger partial charge in [-0.1, -0.05) is 30.3 Å². The molecule has 5 nitrogen and oxygen atoms in total. The van der Waals surface area contributed by atoms with Gasteiger partial charge >= 0.3 is 5.97 Å². The topological polar surface area (TPSA) is 69.7 Å². The lowest BCUT2D eigenvalue weighted by molar-refractivity contribution is -0.162. The van der Waals surface area contributed by atoms with Crippen LogP contribution in [-0.4, -0.2) is 29.7 Å². The summed E-state index contributed by atoms with van der Waals surface area (Å²) in [6.45, 7) is 4.67. The zero-order valence-corrected chi connectivity index (χ0v) is 14.2. The maximum absolute atomic E-state index is 12.0. The largest absolute Gasteiger partial charge is 0.475 e. The third kappa shape index (κ3) is 4.78. The molecule has 0 aliphatic heterocycles. The number of allylic oxidation sites excluding steroid dienone is 2. The minimum Gasteiger partial charge on any atom is -0.475 e. The SMILES string of the molecule is CC(=O)[C@@H](OC1=CC(=O)C[C@@H](c2ccccc2)C1)C(=O)OC(C)C. The molecule has 2 rings (SSSR count). The van der Waals surface area contributed by atoms with E-state index in [1.807, 2.05) is 30.3 Å². The quantitative estimate of drug-likeness (QED) is 0.592. The number of hydrogen-bond acceptors (Lipinski definition) is 5. The van der Waals surface area contributed by atoms with E-state index in [1.54, 1.807) is 13.8 Å². The van der Waals surface area contributed by atoms with Gasteiger partial charge in [0.25, 0.3) is 6.10 Å². The second kappa shape index (κ2) is 7.90. The highest BCUT2D eigenvalue weighted by molar-refractivity contribution is 6.01. The first-order chi connectivity index (χ1) is 11.4. The Hall–Kier alpha value is -2.43. The fourth-order valence-corrected chi connectivity index (χ4v) is 2.64. The monoisotopic (exact) mass is 330 g/mol. The fourth-order valence-electron chi connectivity index (χ4n) is 2.64. The first-order valence-electron chi connectivity index (χ1n) is 8.02. The molecule has 24 heavy (non-hydrogen) atoms. The molecule has 0 N–H and O–H groups in total. The van der Waals surface area contributed by atoms with Gasteiger partial charge in [0.15, 0.2) is 11.6 Å². The number of hydrogen-bond donors (Lipinski definition) is 0. The number of carbonyl (C=O) groups is 3. The smallest absolute Gasteiger partial charge is 0.355 e. The molecule has 0 spiro atoms. The molecule has 1 aliphatic carbocycles. The van der Waals surface area contributed by atoms with E-state index < -0.39 is 17.9 Å². The lowest BCUT2D eigenvalue weighted by atomic mass is 9.86. The Balaban J connectivity index is 2.13. The first kappa shape index (κ1) is 17.9. The number of Topliss-reactive ketones (excluding diaryl/α,β-unsaturated/α-hetero) is 1. The van der Waals surface area contributed by atoms with Crippen molar-refractivity contribution in [3.63, 3.8) is 0 Å². The lowest BCUT2D eigenvalue weighted by Crippen LogP contribution is -2.35. The van der Waals surface area contributed by atoms with Gasteiger partial charge < -0.3 is 9.47 Å². The van der Waals surface area contributed by atoms with Crippen LogP contribution in [0.25, 0.3) is 0 Å². The number of ether oxygens (including phenoxy) is 2. The van der Waals surface area contributed by atoms with Gasteiger partial charge in [0.1, 0.15) is 5.76 Å². The van der Waals surface area contributed by atoms with E-state index in [-0.39, 0.29) is 17.8 Å². The molecule has 0 amide bonds. The lowest BCUT2D eigenvalue weighted by Gasteiger charge is -2.25. The van der Waals surface area contributed by atoms with Gasteiger partial charge in [-0.3, -0.25) is 9.59 Å². The number of ketones is 2. The summed E-state index contributed by atoms with van der Waals surface area (Å²) in [6, 6.07) is 9.65. The Morgan fingerprint density at radius 3 is 2.38 bits per heavy atom. The van der Waals surface area contributed by atoms with E-state index in [9.17, 15) is 14.4 Å². The number of carbonyl (C=O) groups excluding carboxylic acids is 3. The van der Waals surface area contributed by atoms with Gasteiger partial charge in [0.05, 0.1) is 6.10 Å². The van der Waals surface area contributed by atoms with Crippen molar-refractivity contribution in [2.75, 3.05) is 0 Å². The average Bonchev–Trinajstić information content (AvgIpc) is 2.52. The molecular formula is C19H22O5. The van der Waals surface area contributed by atoms with Crippen molar-refractivity contribution in [3.05, 3.63) is 47.7 Å². The molecule has 0 saturated carbocycles. The van der Waals surface area contributed by atoms with Crippen molar-refractivity contribution in [1.82, 2.24) is 0 Å². The average molecular weight is 330 g/mol. The third-order valence-corrected chi connectivity index (χ3v) is 3.69. The summed E-state index contributed by atoms with van der Waals surface area (Å²) in [6.07, 6.45) is 0.549. The molecule has 2 atom stereocenters. The normalized spacial score (nSPS) is 18.8. The van der Waals surface area contributed by atoms with Gasteiger partial charge in [-0.2, -0.15) is 0 Å². The van der Waals surface area contributed by atoms with E-state index in [2.05, 4.69) is 0 Å². The van der Waals surface area contributed by atoms with Crippen molar-refractivity contribution in [1.29, 1.82) is 0 Å². The molecule has 0 fully saturated rings. The molecule has 1 aliphatic rings. The van der Waals surface area contributed by atoms with Crippen LogP contribution in [0, 0.1) is 0 Å². The Bertz CT molecular complexity index is 645. The van der Waals surface area contributed by atoms with Crippen LogP contribution in [0.3, 0.4) is 0 Å². The molecule has 0 radical (unpaired) electrons. The van der Waals surface area contributed by atoms with Crippen molar-refractivity contribution in [2.45, 2.75) is 51.7 Å². The number of benzene rings is 1. The van der Waals surface area contributed by atoms with Crippen LogP contribution < -0.4 is 0 Å².